The molecule has 0 spiro atoms. The first-order chi connectivity index (χ1) is 11.0. The molecule has 1 amide bonds. The number of carbonyl (C=O) groups excluding carboxylic acids is 1. The number of hydrogen-bond donors (Lipinski definition) is 1. The maximum atomic E-state index is 12.9. The molecule has 10 heteroatoms. The lowest BCUT2D eigenvalue weighted by Gasteiger charge is -2.37. The number of aromatic nitrogens is 1. The van der Waals surface area contributed by atoms with E-state index >= 15 is 0 Å². The van der Waals surface area contributed by atoms with Crippen LogP contribution < -0.4 is 5.32 Å². The van der Waals surface area contributed by atoms with Crippen LogP contribution in [0.3, 0.4) is 0 Å². The second kappa shape index (κ2) is 6.78. The third-order valence-electron chi connectivity index (χ3n) is 3.97. The fraction of sp³-hybridized carbons (Fsp3) is 0.571. The van der Waals surface area contributed by atoms with Gasteiger partial charge in [0, 0.05) is 12.2 Å². The van der Waals surface area contributed by atoms with Crippen LogP contribution >= 0.6 is 11.6 Å². The van der Waals surface area contributed by atoms with Gasteiger partial charge in [0.2, 0.25) is 0 Å². The van der Waals surface area contributed by atoms with E-state index in [1.54, 1.807) is 0 Å². The maximum absolute atomic E-state index is 12.9. The van der Waals surface area contributed by atoms with E-state index in [4.69, 9.17) is 11.6 Å². The summed E-state index contributed by atoms with van der Waals surface area (Å²) in [7, 11) is 0. The Bertz CT molecular complexity index is 582. The van der Waals surface area contributed by atoms with Gasteiger partial charge in [-0.3, -0.25) is 4.79 Å². The number of hydrogen-bond acceptors (Lipinski definition) is 2. The van der Waals surface area contributed by atoms with Gasteiger partial charge in [-0.1, -0.05) is 11.6 Å². The van der Waals surface area contributed by atoms with Crippen molar-refractivity contribution in [3.05, 3.63) is 29.0 Å². The van der Waals surface area contributed by atoms with Crippen molar-refractivity contribution in [2.24, 2.45) is 11.8 Å². The molecular weight excluding hydrogens is 362 g/mol. The number of pyridine rings is 1. The van der Waals surface area contributed by atoms with Crippen LogP contribution in [0.4, 0.5) is 26.3 Å². The Morgan fingerprint density at radius 1 is 1.08 bits per heavy atom. The first-order valence-electron chi connectivity index (χ1n) is 7.03. The smallest absolute Gasteiger partial charge is 0.349 e. The molecule has 0 unspecified atom stereocenters. The fourth-order valence-corrected chi connectivity index (χ4v) is 3.00. The molecule has 1 N–H and O–H groups in total. The van der Waals surface area contributed by atoms with E-state index in [9.17, 15) is 31.1 Å². The highest BCUT2D eigenvalue weighted by molar-refractivity contribution is 6.32. The standard InChI is InChI=1S/C14H13ClF6N2O/c15-11-10(2-1-3-22-11)12(24)23-9-5-7(13(16,17)18)4-8(6-9)14(19,20)21/h1-3,7-9H,4-6H2,(H,23,24)/t7-,8-/m0/s1. The van der Waals surface area contributed by atoms with Crippen molar-refractivity contribution in [2.75, 3.05) is 0 Å². The lowest BCUT2D eigenvalue weighted by Crippen LogP contribution is -2.47. The normalized spacial score (nSPS) is 25.4. The SMILES string of the molecule is O=C(NC1C[C@@H](C(F)(F)F)C[C@H](C(F)(F)F)C1)c1cccnc1Cl. The minimum Gasteiger partial charge on any atom is -0.349 e. The summed E-state index contributed by atoms with van der Waals surface area (Å²) >= 11 is 5.71. The van der Waals surface area contributed by atoms with E-state index in [-0.39, 0.29) is 10.7 Å². The van der Waals surface area contributed by atoms with Crippen molar-refractivity contribution in [3.63, 3.8) is 0 Å². The number of nitrogens with one attached hydrogen (secondary N) is 1. The van der Waals surface area contributed by atoms with Crippen LogP contribution in [0, 0.1) is 11.8 Å². The zero-order valence-corrected chi connectivity index (χ0v) is 12.8. The third-order valence-corrected chi connectivity index (χ3v) is 4.27. The van der Waals surface area contributed by atoms with Crippen LogP contribution in [0.2, 0.25) is 5.15 Å². The summed E-state index contributed by atoms with van der Waals surface area (Å²) < 4.78 is 77.3. The Morgan fingerprint density at radius 2 is 1.62 bits per heavy atom. The molecule has 0 radical (unpaired) electrons. The second-order valence-electron chi connectivity index (χ2n) is 5.70. The first kappa shape index (κ1) is 18.8. The van der Waals surface area contributed by atoms with Crippen LogP contribution in [-0.2, 0) is 0 Å². The molecule has 3 nitrogen and oxygen atoms in total. The van der Waals surface area contributed by atoms with Gasteiger partial charge in [-0.2, -0.15) is 26.3 Å². The summed E-state index contributed by atoms with van der Waals surface area (Å²) in [4.78, 5) is 15.7. The number of alkyl halides is 6. The van der Waals surface area contributed by atoms with Crippen molar-refractivity contribution in [1.82, 2.24) is 10.3 Å². The number of nitrogens with zero attached hydrogens (tertiary/aromatic N) is 1. The Morgan fingerprint density at radius 3 is 2.08 bits per heavy atom. The summed E-state index contributed by atoms with van der Waals surface area (Å²) in [5, 5.41) is 2.04. The Kier molecular flexibility index (Phi) is 5.31. The highest BCUT2D eigenvalue weighted by Crippen LogP contribution is 2.45. The van der Waals surface area contributed by atoms with Crippen molar-refractivity contribution in [1.29, 1.82) is 0 Å². The van der Waals surface area contributed by atoms with Gasteiger partial charge in [-0.25, -0.2) is 4.98 Å². The van der Waals surface area contributed by atoms with Crippen molar-refractivity contribution >= 4 is 17.5 Å². The lowest BCUT2D eigenvalue weighted by molar-refractivity contribution is -0.225. The zero-order valence-electron chi connectivity index (χ0n) is 12.1. The van der Waals surface area contributed by atoms with Gasteiger partial charge in [0.15, 0.2) is 0 Å². The lowest BCUT2D eigenvalue weighted by atomic mass is 9.77. The van der Waals surface area contributed by atoms with E-state index in [1.807, 2.05) is 0 Å². The van der Waals surface area contributed by atoms with Gasteiger partial charge in [-0.05, 0) is 31.4 Å². The minimum absolute atomic E-state index is 0.100. The van der Waals surface area contributed by atoms with Crippen LogP contribution in [0.1, 0.15) is 29.6 Å². The molecule has 2 rings (SSSR count). The number of carbonyl (C=O) groups is 1. The highest BCUT2D eigenvalue weighted by Gasteiger charge is 2.52. The molecule has 1 aliphatic rings. The molecule has 0 aromatic carbocycles. The summed E-state index contributed by atoms with van der Waals surface area (Å²) in [5.41, 5.74) is -0.100. The summed E-state index contributed by atoms with van der Waals surface area (Å²) in [6.45, 7) is 0. The van der Waals surface area contributed by atoms with Crippen molar-refractivity contribution in [3.8, 4) is 0 Å². The second-order valence-corrected chi connectivity index (χ2v) is 6.05. The van der Waals surface area contributed by atoms with Crippen LogP contribution in [0.5, 0.6) is 0 Å². The number of halogens is 7. The van der Waals surface area contributed by atoms with E-state index in [0.29, 0.717) is 0 Å². The highest BCUT2D eigenvalue weighted by atomic mass is 35.5. The third kappa shape index (κ3) is 4.52. The molecule has 1 aliphatic carbocycles. The molecule has 0 aliphatic heterocycles. The maximum Gasteiger partial charge on any atom is 0.391 e. The summed E-state index contributed by atoms with van der Waals surface area (Å²) in [5.74, 6) is -5.08. The van der Waals surface area contributed by atoms with Gasteiger partial charge < -0.3 is 5.32 Å². The molecule has 134 valence electrons. The number of rotatable bonds is 2. The molecule has 1 aromatic heterocycles. The first-order valence-corrected chi connectivity index (χ1v) is 7.41. The van der Waals surface area contributed by atoms with E-state index in [0.717, 1.165) is 0 Å². The molecule has 1 aromatic rings. The van der Waals surface area contributed by atoms with Gasteiger partial charge >= 0.3 is 12.4 Å². The van der Waals surface area contributed by atoms with Gasteiger partial charge in [0.25, 0.3) is 5.91 Å². The molecule has 1 saturated carbocycles. The number of amides is 1. The van der Waals surface area contributed by atoms with Crippen molar-refractivity contribution < 1.29 is 31.1 Å². The molecular formula is C14H13ClF6N2O. The largest absolute Gasteiger partial charge is 0.391 e. The average molecular weight is 375 g/mol. The van der Waals surface area contributed by atoms with Crippen LogP contribution in [0.15, 0.2) is 18.3 Å². The summed E-state index contributed by atoms with van der Waals surface area (Å²) in [6, 6.07) is 1.43. The van der Waals surface area contributed by atoms with Gasteiger partial charge in [0.1, 0.15) is 5.15 Å². The molecule has 24 heavy (non-hydrogen) atoms. The van der Waals surface area contributed by atoms with Gasteiger partial charge in [0.05, 0.1) is 17.4 Å². The zero-order chi connectivity index (χ0) is 18.1. The molecule has 2 atom stereocenters. The Labute approximate surface area is 138 Å². The van der Waals surface area contributed by atoms with E-state index < -0.39 is 55.4 Å². The van der Waals surface area contributed by atoms with Crippen molar-refractivity contribution in [2.45, 2.75) is 37.7 Å². The van der Waals surface area contributed by atoms with Crippen LogP contribution in [-0.4, -0.2) is 29.3 Å². The van der Waals surface area contributed by atoms with Gasteiger partial charge in [-0.15, -0.1) is 0 Å². The Hall–Kier alpha value is -1.51. The molecule has 0 saturated heterocycles. The topological polar surface area (TPSA) is 42.0 Å². The quantitative estimate of drug-likeness (QED) is 0.617. The monoisotopic (exact) mass is 374 g/mol. The Balaban J connectivity index is 2.16. The summed E-state index contributed by atoms with van der Waals surface area (Å²) in [6.07, 6.45) is -10.4. The van der Waals surface area contributed by atoms with E-state index in [2.05, 4.69) is 10.3 Å². The molecule has 0 bridgehead atoms. The average Bonchev–Trinajstić information content (AvgIpc) is 2.45. The fourth-order valence-electron chi connectivity index (χ4n) is 2.79. The minimum atomic E-state index is -4.75. The van der Waals surface area contributed by atoms with Crippen LogP contribution in [0.25, 0.3) is 0 Å². The molecule has 1 fully saturated rings. The molecule has 1 heterocycles. The predicted octanol–water partition coefficient (Wildman–Crippen LogP) is 4.37. The van der Waals surface area contributed by atoms with E-state index in [1.165, 1.54) is 18.3 Å². The predicted molar refractivity (Wildman–Crippen MR) is 73.4 cm³/mol.